The van der Waals surface area contributed by atoms with Crippen LogP contribution < -0.4 is 0 Å². The Kier molecular flexibility index (Phi) is 3.64. The van der Waals surface area contributed by atoms with Crippen LogP contribution in [0.3, 0.4) is 0 Å². The molecule has 2 N–H and O–H groups in total. The molecule has 0 aliphatic rings. The average Bonchev–Trinajstić information content (AvgIpc) is 1.58. The van der Waals surface area contributed by atoms with E-state index in [9.17, 15) is 9.59 Å². The summed E-state index contributed by atoms with van der Waals surface area (Å²) in [5, 5.41) is 16.7. The van der Waals surface area contributed by atoms with Gasteiger partial charge in [0.1, 0.15) is 12.2 Å². The minimum atomic E-state index is -1.15. The van der Waals surface area contributed by atoms with Crippen molar-refractivity contribution in [3.8, 4) is 0 Å². The SMILES string of the molecule is CC(O)CC(=O)CC(=O)O. The molecule has 58 valence electrons. The van der Waals surface area contributed by atoms with Crippen molar-refractivity contribution in [1.82, 2.24) is 0 Å². The normalized spacial score (nSPS) is 12.6. The Balaban J connectivity index is 3.54. The van der Waals surface area contributed by atoms with Gasteiger partial charge in [-0.2, -0.15) is 0 Å². The lowest BCUT2D eigenvalue weighted by molar-refractivity contribution is -0.140. The van der Waals surface area contributed by atoms with Crippen molar-refractivity contribution < 1.29 is 19.8 Å². The summed E-state index contributed by atoms with van der Waals surface area (Å²) >= 11 is 0. The van der Waals surface area contributed by atoms with E-state index in [1.54, 1.807) is 0 Å². The first-order valence-corrected chi connectivity index (χ1v) is 2.94. The number of hydrogen-bond acceptors (Lipinski definition) is 3. The number of hydrogen-bond donors (Lipinski definition) is 2. The molecule has 0 aromatic rings. The lowest BCUT2D eigenvalue weighted by atomic mass is 10.1. The number of carbonyl (C=O) groups is 2. The topological polar surface area (TPSA) is 74.6 Å². The minimum Gasteiger partial charge on any atom is -0.481 e. The monoisotopic (exact) mass is 146 g/mol. The second kappa shape index (κ2) is 4.00. The second-order valence-electron chi connectivity index (χ2n) is 2.16. The predicted octanol–water partition coefficient (Wildman–Crippen LogP) is -0.199. The summed E-state index contributed by atoms with van der Waals surface area (Å²) in [6, 6.07) is 0. The van der Waals surface area contributed by atoms with Gasteiger partial charge < -0.3 is 10.2 Å². The fraction of sp³-hybridized carbons (Fsp3) is 0.667. The number of aliphatic hydroxyl groups excluding tert-OH is 1. The van der Waals surface area contributed by atoms with Crippen LogP contribution in [0.15, 0.2) is 0 Å². The molecule has 1 unspecified atom stereocenters. The molecule has 0 aromatic carbocycles. The average molecular weight is 146 g/mol. The van der Waals surface area contributed by atoms with Gasteiger partial charge in [-0.25, -0.2) is 0 Å². The molecule has 0 aliphatic heterocycles. The Morgan fingerprint density at radius 2 is 2.00 bits per heavy atom. The van der Waals surface area contributed by atoms with Gasteiger partial charge in [0, 0.05) is 6.42 Å². The first kappa shape index (κ1) is 9.10. The quantitative estimate of drug-likeness (QED) is 0.538. The summed E-state index contributed by atoms with van der Waals surface area (Å²) in [4.78, 5) is 20.4. The highest BCUT2D eigenvalue weighted by Crippen LogP contribution is 1.94. The number of carbonyl (C=O) groups excluding carboxylic acids is 1. The Labute approximate surface area is 58.5 Å². The van der Waals surface area contributed by atoms with Crippen LogP contribution in [0.1, 0.15) is 19.8 Å². The number of ketones is 1. The number of carboxylic acid groups (broad SMARTS) is 1. The molecule has 0 saturated heterocycles. The molecule has 0 heterocycles. The van der Waals surface area contributed by atoms with E-state index in [0.717, 1.165) is 0 Å². The summed E-state index contributed by atoms with van der Waals surface area (Å²) in [5.41, 5.74) is 0. The predicted molar refractivity (Wildman–Crippen MR) is 33.6 cm³/mol. The lowest BCUT2D eigenvalue weighted by Crippen LogP contribution is -2.12. The molecule has 4 nitrogen and oxygen atoms in total. The third-order valence-corrected chi connectivity index (χ3v) is 0.871. The Bertz CT molecular complexity index is 139. The van der Waals surface area contributed by atoms with Gasteiger partial charge in [-0.3, -0.25) is 9.59 Å². The number of Topliss-reactive ketones (excluding diaryl/α,β-unsaturated/α-hetero) is 1. The zero-order chi connectivity index (χ0) is 8.15. The van der Waals surface area contributed by atoms with Crippen LogP contribution in [0.25, 0.3) is 0 Å². The summed E-state index contributed by atoms with van der Waals surface area (Å²) in [6.45, 7) is 1.44. The van der Waals surface area contributed by atoms with Crippen molar-refractivity contribution >= 4 is 11.8 Å². The fourth-order valence-corrected chi connectivity index (χ4v) is 0.570. The zero-order valence-electron chi connectivity index (χ0n) is 5.70. The molecular formula is C6H10O4. The molecule has 0 aliphatic carbocycles. The molecule has 4 heteroatoms. The van der Waals surface area contributed by atoms with Crippen molar-refractivity contribution in [2.45, 2.75) is 25.9 Å². The fourth-order valence-electron chi connectivity index (χ4n) is 0.570. The summed E-state index contributed by atoms with van der Waals surface area (Å²) in [6.07, 6.45) is -1.32. The van der Waals surface area contributed by atoms with E-state index < -0.39 is 24.3 Å². The first-order valence-electron chi connectivity index (χ1n) is 2.94. The second-order valence-corrected chi connectivity index (χ2v) is 2.16. The van der Waals surface area contributed by atoms with E-state index in [1.165, 1.54) is 6.92 Å². The zero-order valence-corrected chi connectivity index (χ0v) is 5.70. The van der Waals surface area contributed by atoms with Crippen LogP contribution in [0.4, 0.5) is 0 Å². The molecule has 0 aromatic heterocycles. The maximum atomic E-state index is 10.5. The van der Waals surface area contributed by atoms with Crippen LogP contribution in [-0.2, 0) is 9.59 Å². The molecular weight excluding hydrogens is 136 g/mol. The third kappa shape index (κ3) is 5.24. The summed E-state index contributed by atoms with van der Waals surface area (Å²) in [5.74, 6) is -1.59. The van der Waals surface area contributed by atoms with Crippen LogP contribution in [0.5, 0.6) is 0 Å². The molecule has 0 rings (SSSR count). The smallest absolute Gasteiger partial charge is 0.310 e. The molecule has 10 heavy (non-hydrogen) atoms. The highest BCUT2D eigenvalue weighted by atomic mass is 16.4. The highest BCUT2D eigenvalue weighted by molar-refractivity contribution is 5.94. The lowest BCUT2D eigenvalue weighted by Gasteiger charge is -1.99. The highest BCUT2D eigenvalue weighted by Gasteiger charge is 2.09. The van der Waals surface area contributed by atoms with Gasteiger partial charge in [-0.15, -0.1) is 0 Å². The van der Waals surface area contributed by atoms with Crippen molar-refractivity contribution in [1.29, 1.82) is 0 Å². The Morgan fingerprint density at radius 3 is 2.30 bits per heavy atom. The standard InChI is InChI=1S/C6H10O4/c1-4(7)2-5(8)3-6(9)10/h4,7H,2-3H2,1H3,(H,9,10). The molecule has 0 saturated carbocycles. The molecule has 0 bridgehead atoms. The Hall–Kier alpha value is -0.900. The van der Waals surface area contributed by atoms with Gasteiger partial charge in [-0.1, -0.05) is 0 Å². The molecule has 0 fully saturated rings. The molecule has 0 radical (unpaired) electrons. The van der Waals surface area contributed by atoms with E-state index in [2.05, 4.69) is 0 Å². The van der Waals surface area contributed by atoms with Crippen molar-refractivity contribution in [2.75, 3.05) is 0 Å². The van der Waals surface area contributed by atoms with Gasteiger partial charge in [-0.05, 0) is 6.92 Å². The molecule has 1 atom stereocenters. The van der Waals surface area contributed by atoms with E-state index in [4.69, 9.17) is 10.2 Å². The van der Waals surface area contributed by atoms with E-state index >= 15 is 0 Å². The van der Waals surface area contributed by atoms with Gasteiger partial charge in [0.05, 0.1) is 6.10 Å². The van der Waals surface area contributed by atoms with Crippen LogP contribution in [0, 0.1) is 0 Å². The number of aliphatic hydroxyl groups is 1. The summed E-state index contributed by atoms with van der Waals surface area (Å²) < 4.78 is 0. The summed E-state index contributed by atoms with van der Waals surface area (Å²) in [7, 11) is 0. The van der Waals surface area contributed by atoms with Crippen LogP contribution in [0.2, 0.25) is 0 Å². The van der Waals surface area contributed by atoms with Gasteiger partial charge in [0.15, 0.2) is 0 Å². The number of rotatable bonds is 4. The van der Waals surface area contributed by atoms with Crippen molar-refractivity contribution in [2.24, 2.45) is 0 Å². The third-order valence-electron chi connectivity index (χ3n) is 0.871. The Morgan fingerprint density at radius 1 is 1.50 bits per heavy atom. The van der Waals surface area contributed by atoms with Crippen LogP contribution >= 0.6 is 0 Å². The molecule has 0 amide bonds. The first-order chi connectivity index (χ1) is 4.52. The van der Waals surface area contributed by atoms with Gasteiger partial charge in [0.2, 0.25) is 0 Å². The van der Waals surface area contributed by atoms with E-state index in [0.29, 0.717) is 0 Å². The number of carboxylic acids is 1. The van der Waals surface area contributed by atoms with Gasteiger partial charge >= 0.3 is 5.97 Å². The van der Waals surface area contributed by atoms with Crippen LogP contribution in [-0.4, -0.2) is 28.1 Å². The largest absolute Gasteiger partial charge is 0.481 e. The maximum absolute atomic E-state index is 10.5. The van der Waals surface area contributed by atoms with Crippen molar-refractivity contribution in [3.05, 3.63) is 0 Å². The minimum absolute atomic E-state index is 0.0771. The van der Waals surface area contributed by atoms with E-state index in [-0.39, 0.29) is 6.42 Å². The van der Waals surface area contributed by atoms with Crippen molar-refractivity contribution in [3.63, 3.8) is 0 Å². The van der Waals surface area contributed by atoms with Gasteiger partial charge in [0.25, 0.3) is 0 Å². The van der Waals surface area contributed by atoms with E-state index in [1.807, 2.05) is 0 Å². The molecule has 0 spiro atoms. The maximum Gasteiger partial charge on any atom is 0.310 e. The number of aliphatic carboxylic acids is 1.